The van der Waals surface area contributed by atoms with Gasteiger partial charge in [0.2, 0.25) is 10.0 Å². The normalized spacial score (nSPS) is 18.4. The molecule has 2 rings (SSSR count). The molecule has 2 N–H and O–H groups in total. The summed E-state index contributed by atoms with van der Waals surface area (Å²) < 4.78 is 40.7. The van der Waals surface area contributed by atoms with E-state index in [4.69, 9.17) is 5.11 Å². The minimum Gasteiger partial charge on any atom is -0.392 e. The van der Waals surface area contributed by atoms with Crippen molar-refractivity contribution in [2.75, 3.05) is 20.1 Å². The van der Waals surface area contributed by atoms with Crippen molar-refractivity contribution >= 4 is 10.0 Å². The maximum atomic E-state index is 13.7. The fourth-order valence-electron chi connectivity index (χ4n) is 2.26. The molecule has 5 nitrogen and oxygen atoms in total. The molecule has 1 heterocycles. The van der Waals surface area contributed by atoms with E-state index < -0.39 is 20.7 Å². The van der Waals surface area contributed by atoms with E-state index in [9.17, 15) is 12.8 Å². The Morgan fingerprint density at radius 1 is 1.40 bits per heavy atom. The van der Waals surface area contributed by atoms with Gasteiger partial charge in [-0.2, -0.15) is 0 Å². The summed E-state index contributed by atoms with van der Waals surface area (Å²) in [4.78, 5) is 1.72. The zero-order chi connectivity index (χ0) is 14.8. The monoisotopic (exact) mass is 302 g/mol. The molecule has 1 aliphatic heterocycles. The van der Waals surface area contributed by atoms with Crippen LogP contribution < -0.4 is 4.72 Å². The molecule has 1 aromatic carbocycles. The Kier molecular flexibility index (Phi) is 4.74. The third-order valence-electron chi connectivity index (χ3n) is 3.51. The highest BCUT2D eigenvalue weighted by atomic mass is 32.2. The SMILES string of the molecule is CN1CCC(NS(=O)(=O)c2cc(CO)ccc2F)CC1. The quantitative estimate of drug-likeness (QED) is 0.858. The van der Waals surface area contributed by atoms with Crippen LogP contribution in [-0.2, 0) is 16.6 Å². The molecule has 0 spiro atoms. The number of halogens is 1. The second-order valence-corrected chi connectivity index (χ2v) is 6.80. The van der Waals surface area contributed by atoms with Gasteiger partial charge in [0, 0.05) is 6.04 Å². The molecule has 1 aromatic rings. The van der Waals surface area contributed by atoms with Gasteiger partial charge < -0.3 is 10.0 Å². The van der Waals surface area contributed by atoms with Crippen LogP contribution in [0.5, 0.6) is 0 Å². The minimum atomic E-state index is -3.90. The topological polar surface area (TPSA) is 69.6 Å². The standard InChI is InChI=1S/C13H19FN2O3S/c1-16-6-4-11(5-7-16)15-20(18,19)13-8-10(9-17)2-3-12(13)14/h2-3,8,11,15,17H,4-7,9H2,1H3. The fraction of sp³-hybridized carbons (Fsp3) is 0.538. The van der Waals surface area contributed by atoms with Crippen LogP contribution in [0.2, 0.25) is 0 Å². The van der Waals surface area contributed by atoms with Gasteiger partial charge in [-0.05, 0) is 50.7 Å². The van der Waals surface area contributed by atoms with E-state index in [1.165, 1.54) is 12.1 Å². The molecule has 1 saturated heterocycles. The van der Waals surface area contributed by atoms with Crippen molar-refractivity contribution < 1.29 is 17.9 Å². The van der Waals surface area contributed by atoms with Crippen LogP contribution in [0.3, 0.4) is 0 Å². The van der Waals surface area contributed by atoms with Crippen molar-refractivity contribution in [1.82, 2.24) is 9.62 Å². The first-order valence-electron chi connectivity index (χ1n) is 6.52. The number of rotatable bonds is 4. The Morgan fingerprint density at radius 2 is 2.05 bits per heavy atom. The van der Waals surface area contributed by atoms with Gasteiger partial charge in [0.15, 0.2) is 0 Å². The number of aliphatic hydroxyl groups is 1. The maximum Gasteiger partial charge on any atom is 0.243 e. The van der Waals surface area contributed by atoms with Gasteiger partial charge >= 0.3 is 0 Å². The third-order valence-corrected chi connectivity index (χ3v) is 5.04. The minimum absolute atomic E-state index is 0.173. The van der Waals surface area contributed by atoms with Crippen molar-refractivity contribution in [2.45, 2.75) is 30.4 Å². The number of hydrogen-bond donors (Lipinski definition) is 2. The van der Waals surface area contributed by atoms with E-state index in [-0.39, 0.29) is 12.6 Å². The predicted molar refractivity (Wildman–Crippen MR) is 73.2 cm³/mol. The summed E-state index contributed by atoms with van der Waals surface area (Å²) in [6, 6.07) is 3.43. The van der Waals surface area contributed by atoms with E-state index in [0.717, 1.165) is 19.2 Å². The molecule has 0 atom stereocenters. The van der Waals surface area contributed by atoms with Gasteiger partial charge in [-0.1, -0.05) is 6.07 Å². The van der Waals surface area contributed by atoms with Gasteiger partial charge in [0.1, 0.15) is 10.7 Å². The highest BCUT2D eigenvalue weighted by Gasteiger charge is 2.25. The summed E-state index contributed by atoms with van der Waals surface area (Å²) >= 11 is 0. The Hall–Kier alpha value is -1.02. The number of nitrogens with one attached hydrogen (secondary N) is 1. The van der Waals surface area contributed by atoms with Crippen LogP contribution >= 0.6 is 0 Å². The first-order chi connectivity index (χ1) is 9.42. The molecule has 1 aliphatic rings. The first-order valence-corrected chi connectivity index (χ1v) is 8.01. The molecule has 0 bridgehead atoms. The number of benzene rings is 1. The van der Waals surface area contributed by atoms with Crippen LogP contribution in [0, 0.1) is 5.82 Å². The lowest BCUT2D eigenvalue weighted by molar-refractivity contribution is 0.248. The van der Waals surface area contributed by atoms with Crippen molar-refractivity contribution in [3.8, 4) is 0 Å². The number of hydrogen-bond acceptors (Lipinski definition) is 4. The molecule has 112 valence electrons. The smallest absolute Gasteiger partial charge is 0.243 e. The van der Waals surface area contributed by atoms with Crippen LogP contribution in [0.15, 0.2) is 23.1 Å². The van der Waals surface area contributed by atoms with E-state index in [2.05, 4.69) is 9.62 Å². The van der Waals surface area contributed by atoms with Crippen molar-refractivity contribution in [3.63, 3.8) is 0 Å². The Morgan fingerprint density at radius 3 is 2.65 bits per heavy atom. The van der Waals surface area contributed by atoms with Gasteiger partial charge in [-0.25, -0.2) is 17.5 Å². The highest BCUT2D eigenvalue weighted by Crippen LogP contribution is 2.19. The average Bonchev–Trinajstić information content (AvgIpc) is 2.41. The molecule has 0 aliphatic carbocycles. The van der Waals surface area contributed by atoms with Crippen LogP contribution in [-0.4, -0.2) is 44.6 Å². The molecule has 7 heteroatoms. The fourth-order valence-corrected chi connectivity index (χ4v) is 3.69. The van der Waals surface area contributed by atoms with E-state index in [1.807, 2.05) is 7.05 Å². The van der Waals surface area contributed by atoms with Crippen molar-refractivity contribution in [2.24, 2.45) is 0 Å². The van der Waals surface area contributed by atoms with Gasteiger partial charge in [-0.3, -0.25) is 0 Å². The molecular formula is C13H19FN2O3S. The zero-order valence-corrected chi connectivity index (χ0v) is 12.2. The lowest BCUT2D eigenvalue weighted by atomic mass is 10.1. The first kappa shape index (κ1) is 15.4. The highest BCUT2D eigenvalue weighted by molar-refractivity contribution is 7.89. The molecular weight excluding hydrogens is 283 g/mol. The summed E-state index contributed by atoms with van der Waals surface area (Å²) in [6.45, 7) is 1.30. The lowest BCUT2D eigenvalue weighted by Gasteiger charge is -2.29. The number of nitrogens with zero attached hydrogens (tertiary/aromatic N) is 1. The second kappa shape index (κ2) is 6.17. The van der Waals surface area contributed by atoms with E-state index in [1.54, 1.807) is 0 Å². The number of likely N-dealkylation sites (tertiary alicyclic amines) is 1. The molecule has 0 amide bonds. The number of piperidine rings is 1. The van der Waals surface area contributed by atoms with Crippen LogP contribution in [0.1, 0.15) is 18.4 Å². The summed E-state index contributed by atoms with van der Waals surface area (Å²) in [6.07, 6.45) is 1.41. The summed E-state index contributed by atoms with van der Waals surface area (Å²) in [5.74, 6) is -0.803. The average molecular weight is 302 g/mol. The Balaban J connectivity index is 2.18. The van der Waals surface area contributed by atoms with Crippen molar-refractivity contribution in [1.29, 1.82) is 0 Å². The second-order valence-electron chi connectivity index (χ2n) is 5.12. The summed E-state index contributed by atoms with van der Waals surface area (Å²) in [7, 11) is -1.91. The summed E-state index contributed by atoms with van der Waals surface area (Å²) in [5.41, 5.74) is 0.371. The molecule has 0 unspecified atom stereocenters. The molecule has 1 fully saturated rings. The third kappa shape index (κ3) is 3.54. The zero-order valence-electron chi connectivity index (χ0n) is 11.3. The van der Waals surface area contributed by atoms with Crippen molar-refractivity contribution in [3.05, 3.63) is 29.6 Å². The predicted octanol–water partition coefficient (Wildman–Crippen LogP) is 0.691. The van der Waals surface area contributed by atoms with Gasteiger partial charge in [0.25, 0.3) is 0 Å². The molecule has 20 heavy (non-hydrogen) atoms. The largest absolute Gasteiger partial charge is 0.392 e. The van der Waals surface area contributed by atoms with Crippen LogP contribution in [0.4, 0.5) is 4.39 Å². The van der Waals surface area contributed by atoms with Gasteiger partial charge in [0.05, 0.1) is 6.61 Å². The molecule has 0 saturated carbocycles. The Labute approximate surface area is 118 Å². The van der Waals surface area contributed by atoms with Gasteiger partial charge in [-0.15, -0.1) is 0 Å². The maximum absolute atomic E-state index is 13.7. The summed E-state index contributed by atoms with van der Waals surface area (Å²) in [5, 5.41) is 9.03. The van der Waals surface area contributed by atoms with E-state index >= 15 is 0 Å². The lowest BCUT2D eigenvalue weighted by Crippen LogP contribution is -2.43. The Bertz CT molecular complexity index is 569. The molecule has 0 radical (unpaired) electrons. The molecule has 0 aromatic heterocycles. The van der Waals surface area contributed by atoms with Crippen LogP contribution in [0.25, 0.3) is 0 Å². The number of aliphatic hydroxyl groups excluding tert-OH is 1. The van der Waals surface area contributed by atoms with E-state index in [0.29, 0.717) is 18.4 Å². The number of sulfonamides is 1.